The van der Waals surface area contributed by atoms with E-state index in [1.54, 1.807) is 6.20 Å². The Labute approximate surface area is 183 Å². The first-order valence-corrected chi connectivity index (χ1v) is 10.4. The minimum Gasteiger partial charge on any atom is -0.494 e. The third kappa shape index (κ3) is 4.93. The molecule has 0 unspecified atom stereocenters. The molecule has 0 fully saturated rings. The lowest BCUT2D eigenvalue weighted by Crippen LogP contribution is -2.27. The van der Waals surface area contributed by atoms with Gasteiger partial charge in [0, 0.05) is 43.4 Å². The second-order valence-electron chi connectivity index (χ2n) is 7.00. The number of rotatable bonds is 10. The van der Waals surface area contributed by atoms with Crippen LogP contribution in [0.3, 0.4) is 0 Å². The van der Waals surface area contributed by atoms with Crippen molar-refractivity contribution in [3.05, 3.63) is 60.4 Å². The van der Waals surface area contributed by atoms with Gasteiger partial charge in [-0.1, -0.05) is 0 Å². The highest BCUT2D eigenvalue weighted by molar-refractivity contribution is 5.95. The van der Waals surface area contributed by atoms with Gasteiger partial charge < -0.3 is 24.8 Å². The maximum atomic E-state index is 9.91. The number of aromatic nitrogens is 1. The molecule has 0 aliphatic heterocycles. The third-order valence-electron chi connectivity index (χ3n) is 5.01. The summed E-state index contributed by atoms with van der Waals surface area (Å²) in [5.74, 6) is 7.34. The molecule has 0 bridgehead atoms. The smallest absolute Gasteiger partial charge is 0.121 e. The van der Waals surface area contributed by atoms with E-state index in [0.29, 0.717) is 25.3 Å². The van der Waals surface area contributed by atoms with E-state index < -0.39 is 0 Å². The summed E-state index contributed by atoms with van der Waals surface area (Å²) in [6.07, 6.45) is 3.78. The number of fused-ring (bicyclic) bond motifs is 1. The molecule has 162 valence electrons. The Kier molecular flexibility index (Phi) is 7.41. The molecular weight excluding hydrogens is 390 g/mol. The van der Waals surface area contributed by atoms with Gasteiger partial charge in [0.2, 0.25) is 0 Å². The van der Waals surface area contributed by atoms with Crippen LogP contribution in [0.4, 0.5) is 0 Å². The zero-order valence-corrected chi connectivity index (χ0v) is 18.0. The fourth-order valence-electron chi connectivity index (χ4n) is 3.66. The third-order valence-corrected chi connectivity index (χ3v) is 5.01. The number of hydrazine groups is 1. The van der Waals surface area contributed by atoms with E-state index in [1.807, 2.05) is 49.4 Å². The summed E-state index contributed by atoms with van der Waals surface area (Å²) in [4.78, 5) is 0. The lowest BCUT2D eigenvalue weighted by molar-refractivity contribution is 0.279. The molecule has 0 atom stereocenters. The first-order valence-electron chi connectivity index (χ1n) is 10.4. The zero-order chi connectivity index (χ0) is 22.2. The van der Waals surface area contributed by atoms with Crippen molar-refractivity contribution >= 4 is 10.9 Å². The quantitative estimate of drug-likeness (QED) is 0.293. The Morgan fingerprint density at radius 3 is 2.48 bits per heavy atom. The molecule has 2 aromatic carbocycles. The summed E-state index contributed by atoms with van der Waals surface area (Å²) < 4.78 is 13.6. The van der Waals surface area contributed by atoms with Gasteiger partial charge in [-0.05, 0) is 55.8 Å². The number of nitriles is 1. The highest BCUT2D eigenvalue weighted by atomic mass is 16.5. The molecule has 0 spiro atoms. The summed E-state index contributed by atoms with van der Waals surface area (Å²) in [7, 11) is 0. The number of ether oxygens (including phenoxy) is 2. The molecule has 0 aliphatic rings. The second-order valence-corrected chi connectivity index (χ2v) is 7.00. The van der Waals surface area contributed by atoms with Crippen molar-refractivity contribution in [1.82, 2.24) is 9.58 Å². The van der Waals surface area contributed by atoms with Crippen molar-refractivity contribution in [3.63, 3.8) is 0 Å². The monoisotopic (exact) mass is 419 g/mol. The molecule has 0 radical (unpaired) electrons. The van der Waals surface area contributed by atoms with Crippen LogP contribution < -0.4 is 21.1 Å². The SMILES string of the molecule is CCOc1ccc(-c2c(C#N)c3ccc(OCCCN(N)/C=C\N)cc3n2CC)cc1. The van der Waals surface area contributed by atoms with E-state index in [1.165, 1.54) is 11.2 Å². The minimum atomic E-state index is 0.529. The maximum absolute atomic E-state index is 9.91. The van der Waals surface area contributed by atoms with Gasteiger partial charge in [0.1, 0.15) is 17.6 Å². The molecule has 0 saturated carbocycles. The van der Waals surface area contributed by atoms with Crippen LogP contribution in [0.25, 0.3) is 22.2 Å². The predicted molar refractivity (Wildman–Crippen MR) is 123 cm³/mol. The largest absolute Gasteiger partial charge is 0.494 e. The van der Waals surface area contributed by atoms with Gasteiger partial charge in [-0.2, -0.15) is 5.26 Å². The van der Waals surface area contributed by atoms with Crippen LogP contribution in [0.2, 0.25) is 0 Å². The molecule has 1 aromatic heterocycles. The van der Waals surface area contributed by atoms with E-state index >= 15 is 0 Å². The molecule has 3 aromatic rings. The molecule has 7 nitrogen and oxygen atoms in total. The van der Waals surface area contributed by atoms with E-state index in [4.69, 9.17) is 21.1 Å². The van der Waals surface area contributed by atoms with Crippen LogP contribution in [0.5, 0.6) is 11.5 Å². The summed E-state index contributed by atoms with van der Waals surface area (Å²) in [6, 6.07) is 16.1. The molecule has 3 rings (SSSR count). The molecule has 0 amide bonds. The lowest BCUT2D eigenvalue weighted by Gasteiger charge is -2.13. The van der Waals surface area contributed by atoms with Crippen molar-refractivity contribution < 1.29 is 9.47 Å². The van der Waals surface area contributed by atoms with Gasteiger partial charge in [0.15, 0.2) is 0 Å². The van der Waals surface area contributed by atoms with Crippen LogP contribution in [-0.4, -0.2) is 29.3 Å². The molecule has 4 N–H and O–H groups in total. The Balaban J connectivity index is 1.89. The standard InChI is InChI=1S/C24H29N5O2/c1-3-29-23-16-20(31-15-5-13-28(27)14-12-25)10-11-21(23)22(17-26)24(29)18-6-8-19(9-7-18)30-4-2/h6-12,14,16H,3-5,13,15,25,27H2,1-2H3/b14-12-. The van der Waals surface area contributed by atoms with E-state index in [2.05, 4.69) is 17.6 Å². The van der Waals surface area contributed by atoms with Crippen LogP contribution in [0.15, 0.2) is 54.9 Å². The fraction of sp³-hybridized carbons (Fsp3) is 0.292. The Bertz CT molecular complexity index is 1080. The Morgan fingerprint density at radius 2 is 1.84 bits per heavy atom. The Hall–Kier alpha value is -3.63. The van der Waals surface area contributed by atoms with Crippen molar-refractivity contribution in [2.24, 2.45) is 11.6 Å². The van der Waals surface area contributed by atoms with Gasteiger partial charge in [0.25, 0.3) is 0 Å². The van der Waals surface area contributed by atoms with E-state index in [0.717, 1.165) is 46.6 Å². The highest BCUT2D eigenvalue weighted by Gasteiger charge is 2.18. The van der Waals surface area contributed by atoms with E-state index in [-0.39, 0.29) is 0 Å². The number of benzene rings is 2. The van der Waals surface area contributed by atoms with Crippen LogP contribution in [0.1, 0.15) is 25.8 Å². The number of hydrogen-bond acceptors (Lipinski definition) is 6. The topological polar surface area (TPSA) is 102 Å². The molecule has 31 heavy (non-hydrogen) atoms. The number of hydrogen-bond donors (Lipinski definition) is 2. The first-order chi connectivity index (χ1) is 15.1. The predicted octanol–water partition coefficient (Wildman–Crippen LogP) is 3.97. The number of aryl methyl sites for hydroxylation is 1. The lowest BCUT2D eigenvalue weighted by atomic mass is 10.1. The number of nitrogens with zero attached hydrogens (tertiary/aromatic N) is 3. The molecule has 1 heterocycles. The van der Waals surface area contributed by atoms with Crippen molar-refractivity contribution in [3.8, 4) is 28.8 Å². The summed E-state index contributed by atoms with van der Waals surface area (Å²) in [5.41, 5.74) is 8.87. The average Bonchev–Trinajstić information content (AvgIpc) is 3.10. The van der Waals surface area contributed by atoms with Gasteiger partial charge in [-0.15, -0.1) is 0 Å². The summed E-state index contributed by atoms with van der Waals surface area (Å²) >= 11 is 0. The van der Waals surface area contributed by atoms with Gasteiger partial charge in [0.05, 0.1) is 30.0 Å². The van der Waals surface area contributed by atoms with Crippen molar-refractivity contribution in [1.29, 1.82) is 5.26 Å². The molecule has 7 heteroatoms. The van der Waals surface area contributed by atoms with Crippen LogP contribution >= 0.6 is 0 Å². The van der Waals surface area contributed by atoms with Gasteiger partial charge in [-0.25, -0.2) is 5.84 Å². The summed E-state index contributed by atoms with van der Waals surface area (Å²) in [5, 5.41) is 12.4. The van der Waals surface area contributed by atoms with Gasteiger partial charge in [-0.3, -0.25) is 0 Å². The molecular formula is C24H29N5O2. The average molecular weight is 420 g/mol. The van der Waals surface area contributed by atoms with Crippen molar-refractivity contribution in [2.75, 3.05) is 19.8 Å². The van der Waals surface area contributed by atoms with Crippen molar-refractivity contribution in [2.45, 2.75) is 26.8 Å². The number of nitrogens with two attached hydrogens (primary N) is 2. The summed E-state index contributed by atoms with van der Waals surface area (Å²) in [6.45, 7) is 6.56. The van der Waals surface area contributed by atoms with Gasteiger partial charge >= 0.3 is 0 Å². The molecule has 0 aliphatic carbocycles. The van der Waals surface area contributed by atoms with E-state index in [9.17, 15) is 5.26 Å². The Morgan fingerprint density at radius 1 is 1.10 bits per heavy atom. The van der Waals surface area contributed by atoms with Crippen LogP contribution in [-0.2, 0) is 6.54 Å². The normalized spacial score (nSPS) is 11.0. The molecule has 0 saturated heterocycles. The fourth-order valence-corrected chi connectivity index (χ4v) is 3.66. The zero-order valence-electron chi connectivity index (χ0n) is 18.0. The second kappa shape index (κ2) is 10.4. The first kappa shape index (κ1) is 22.1. The highest BCUT2D eigenvalue weighted by Crippen LogP contribution is 2.36. The van der Waals surface area contributed by atoms with Crippen LogP contribution in [0, 0.1) is 11.3 Å². The maximum Gasteiger partial charge on any atom is 0.121 e. The minimum absolute atomic E-state index is 0.529.